The van der Waals surface area contributed by atoms with Crippen molar-refractivity contribution in [3.63, 3.8) is 0 Å². The van der Waals surface area contributed by atoms with Crippen molar-refractivity contribution < 1.29 is 14.3 Å². The lowest BCUT2D eigenvalue weighted by atomic mass is 9.76. The van der Waals surface area contributed by atoms with Crippen molar-refractivity contribution in [2.45, 2.75) is 11.6 Å². The molecule has 4 aromatic rings. The molecule has 4 aromatic carbocycles. The van der Waals surface area contributed by atoms with Crippen LogP contribution >= 0.6 is 15.9 Å². The second kappa shape index (κ2) is 11.0. The molecule has 0 fully saturated rings. The van der Waals surface area contributed by atoms with Gasteiger partial charge in [0.2, 0.25) is 5.91 Å². The fraction of sp³-hybridized carbons (Fsp3) is 0.138. The van der Waals surface area contributed by atoms with E-state index in [1.54, 1.807) is 12.1 Å². The van der Waals surface area contributed by atoms with Crippen LogP contribution in [0.5, 0.6) is 0 Å². The zero-order valence-electron chi connectivity index (χ0n) is 19.2. The molecule has 0 bridgehead atoms. The van der Waals surface area contributed by atoms with Gasteiger partial charge in [-0.1, -0.05) is 107 Å². The lowest BCUT2D eigenvalue weighted by Gasteiger charge is -2.40. The molecule has 178 valence electrons. The minimum absolute atomic E-state index is 0.120. The van der Waals surface area contributed by atoms with Crippen LogP contribution < -0.4 is 10.2 Å². The van der Waals surface area contributed by atoms with Gasteiger partial charge in [0.15, 0.2) is 0 Å². The standard InChI is InChI=1S/C29H26BrFN2O2/c1-33(27-19-24(30)17-18-25(27)31)28(35)26(20-34)32-29(21-11-5-2-6-12-21,22-13-7-3-8-14-22)23-15-9-4-10-16-23/h2-19,26,32,34H,20H2,1H3/t26-/m0/s1. The van der Waals surface area contributed by atoms with E-state index in [1.165, 1.54) is 18.0 Å². The molecule has 0 aromatic heterocycles. The summed E-state index contributed by atoms with van der Waals surface area (Å²) in [6.07, 6.45) is 0. The Morgan fingerprint density at radius 2 is 1.34 bits per heavy atom. The van der Waals surface area contributed by atoms with E-state index in [0.717, 1.165) is 16.7 Å². The van der Waals surface area contributed by atoms with Crippen LogP contribution in [0.1, 0.15) is 16.7 Å². The molecule has 0 saturated heterocycles. The van der Waals surface area contributed by atoms with E-state index < -0.39 is 29.9 Å². The Morgan fingerprint density at radius 1 is 0.886 bits per heavy atom. The molecule has 4 rings (SSSR count). The van der Waals surface area contributed by atoms with Gasteiger partial charge in [0.1, 0.15) is 11.9 Å². The van der Waals surface area contributed by atoms with Gasteiger partial charge < -0.3 is 10.0 Å². The number of aliphatic hydroxyl groups is 1. The van der Waals surface area contributed by atoms with Gasteiger partial charge in [-0.25, -0.2) is 4.39 Å². The van der Waals surface area contributed by atoms with Gasteiger partial charge in [-0.2, -0.15) is 0 Å². The number of rotatable bonds is 8. The zero-order chi connectivity index (χ0) is 24.8. The van der Waals surface area contributed by atoms with Crippen molar-refractivity contribution >= 4 is 27.5 Å². The fourth-order valence-electron chi connectivity index (χ4n) is 4.36. The molecular formula is C29H26BrFN2O2. The van der Waals surface area contributed by atoms with Crippen molar-refractivity contribution in [2.75, 3.05) is 18.6 Å². The summed E-state index contributed by atoms with van der Waals surface area (Å²) in [5, 5.41) is 13.9. The normalized spacial score (nSPS) is 12.2. The minimum atomic E-state index is -1.03. The van der Waals surface area contributed by atoms with Crippen molar-refractivity contribution in [3.8, 4) is 0 Å². The van der Waals surface area contributed by atoms with E-state index in [1.807, 2.05) is 91.0 Å². The van der Waals surface area contributed by atoms with Crippen molar-refractivity contribution in [1.82, 2.24) is 5.32 Å². The van der Waals surface area contributed by atoms with Crippen LogP contribution in [0.25, 0.3) is 0 Å². The SMILES string of the molecule is CN(C(=O)[C@H](CO)NC(c1ccccc1)(c1ccccc1)c1ccccc1)c1cc(Br)ccc1F. The maximum Gasteiger partial charge on any atom is 0.246 e. The summed E-state index contributed by atoms with van der Waals surface area (Å²) in [4.78, 5) is 14.9. The number of carbonyl (C=O) groups is 1. The van der Waals surface area contributed by atoms with E-state index in [-0.39, 0.29) is 5.69 Å². The first-order valence-corrected chi connectivity index (χ1v) is 12.0. The van der Waals surface area contributed by atoms with Crippen LogP contribution in [-0.4, -0.2) is 30.7 Å². The van der Waals surface area contributed by atoms with Crippen LogP contribution in [0, 0.1) is 5.82 Å². The number of hydrogen-bond donors (Lipinski definition) is 2. The number of aliphatic hydroxyl groups excluding tert-OH is 1. The zero-order valence-corrected chi connectivity index (χ0v) is 20.8. The molecule has 1 amide bonds. The third-order valence-electron chi connectivity index (χ3n) is 6.09. The molecule has 1 atom stereocenters. The van der Waals surface area contributed by atoms with Gasteiger partial charge in [-0.15, -0.1) is 0 Å². The molecule has 0 aliphatic carbocycles. The Hall–Kier alpha value is -3.32. The Morgan fingerprint density at radius 3 is 1.77 bits per heavy atom. The average molecular weight is 533 g/mol. The van der Waals surface area contributed by atoms with E-state index in [9.17, 15) is 14.3 Å². The highest BCUT2D eigenvalue weighted by Crippen LogP contribution is 2.37. The Bertz CT molecular complexity index is 1170. The van der Waals surface area contributed by atoms with E-state index in [4.69, 9.17) is 0 Å². The molecule has 0 unspecified atom stereocenters. The lowest BCUT2D eigenvalue weighted by Crippen LogP contribution is -2.57. The molecule has 0 saturated carbocycles. The van der Waals surface area contributed by atoms with Gasteiger partial charge >= 0.3 is 0 Å². The molecule has 4 nitrogen and oxygen atoms in total. The first kappa shape index (κ1) is 24.8. The summed E-state index contributed by atoms with van der Waals surface area (Å²) in [7, 11) is 1.51. The Labute approximate surface area is 213 Å². The number of carbonyl (C=O) groups excluding carboxylic acids is 1. The average Bonchev–Trinajstić information content (AvgIpc) is 2.92. The summed E-state index contributed by atoms with van der Waals surface area (Å²) >= 11 is 3.34. The first-order chi connectivity index (χ1) is 17.0. The number of nitrogens with one attached hydrogen (secondary N) is 1. The number of benzene rings is 4. The number of likely N-dealkylation sites (N-methyl/N-ethyl adjacent to an activating group) is 1. The van der Waals surface area contributed by atoms with Crippen molar-refractivity contribution in [3.05, 3.63) is 136 Å². The third kappa shape index (κ3) is 5.05. The van der Waals surface area contributed by atoms with Gasteiger partial charge in [-0.3, -0.25) is 10.1 Å². The fourth-order valence-corrected chi connectivity index (χ4v) is 4.71. The first-order valence-electron chi connectivity index (χ1n) is 11.2. The van der Waals surface area contributed by atoms with Crippen LogP contribution in [0.15, 0.2) is 114 Å². The molecule has 2 N–H and O–H groups in total. The molecule has 0 radical (unpaired) electrons. The second-order valence-electron chi connectivity index (χ2n) is 8.22. The number of anilines is 1. The van der Waals surface area contributed by atoms with Gasteiger partial charge in [-0.05, 0) is 34.9 Å². The summed E-state index contributed by atoms with van der Waals surface area (Å²) in [5.41, 5.74) is 1.87. The number of halogens is 2. The highest BCUT2D eigenvalue weighted by molar-refractivity contribution is 9.10. The number of nitrogens with zero attached hydrogens (tertiary/aromatic N) is 1. The predicted molar refractivity (Wildman–Crippen MR) is 141 cm³/mol. The maximum atomic E-state index is 14.6. The lowest BCUT2D eigenvalue weighted by molar-refractivity contribution is -0.121. The summed E-state index contributed by atoms with van der Waals surface area (Å²) in [5.74, 6) is -0.988. The molecule has 6 heteroatoms. The molecule has 0 spiro atoms. The van der Waals surface area contributed by atoms with Crippen LogP contribution in [0.4, 0.5) is 10.1 Å². The summed E-state index contributed by atoms with van der Waals surface area (Å²) < 4.78 is 15.2. The topological polar surface area (TPSA) is 52.6 Å². The molecular weight excluding hydrogens is 507 g/mol. The smallest absolute Gasteiger partial charge is 0.246 e. The number of hydrogen-bond acceptors (Lipinski definition) is 3. The van der Waals surface area contributed by atoms with Gasteiger partial charge in [0, 0.05) is 11.5 Å². The monoisotopic (exact) mass is 532 g/mol. The van der Waals surface area contributed by atoms with Crippen LogP contribution in [-0.2, 0) is 10.3 Å². The van der Waals surface area contributed by atoms with Gasteiger partial charge in [0.25, 0.3) is 0 Å². The van der Waals surface area contributed by atoms with E-state index >= 15 is 0 Å². The van der Waals surface area contributed by atoms with Crippen molar-refractivity contribution in [2.24, 2.45) is 0 Å². The predicted octanol–water partition coefficient (Wildman–Crippen LogP) is 5.49. The quantitative estimate of drug-likeness (QED) is 0.295. The molecule has 0 heterocycles. The highest BCUT2D eigenvalue weighted by atomic mass is 79.9. The van der Waals surface area contributed by atoms with E-state index in [2.05, 4.69) is 21.2 Å². The maximum absolute atomic E-state index is 14.6. The van der Waals surface area contributed by atoms with Crippen LogP contribution in [0.3, 0.4) is 0 Å². The molecule has 0 aliphatic rings. The van der Waals surface area contributed by atoms with Gasteiger partial charge in [0.05, 0.1) is 17.8 Å². The second-order valence-corrected chi connectivity index (χ2v) is 9.14. The van der Waals surface area contributed by atoms with E-state index in [0.29, 0.717) is 4.47 Å². The van der Waals surface area contributed by atoms with Crippen LogP contribution in [0.2, 0.25) is 0 Å². The number of amides is 1. The third-order valence-corrected chi connectivity index (χ3v) is 6.59. The minimum Gasteiger partial charge on any atom is -0.394 e. The molecule has 0 aliphatic heterocycles. The van der Waals surface area contributed by atoms with Crippen molar-refractivity contribution in [1.29, 1.82) is 0 Å². The highest BCUT2D eigenvalue weighted by Gasteiger charge is 2.40. The Balaban J connectivity index is 1.85. The Kier molecular flexibility index (Phi) is 7.76. The summed E-state index contributed by atoms with van der Waals surface area (Å²) in [6, 6.07) is 32.8. The molecule has 35 heavy (non-hydrogen) atoms. The summed E-state index contributed by atoms with van der Waals surface area (Å²) in [6.45, 7) is -0.479. The largest absolute Gasteiger partial charge is 0.394 e.